The van der Waals surface area contributed by atoms with Gasteiger partial charge in [0, 0.05) is 20.9 Å². The third-order valence-electron chi connectivity index (χ3n) is 6.02. The lowest BCUT2D eigenvalue weighted by Gasteiger charge is -2.14. The molecular weight excluding hydrogens is 494 g/mol. The van der Waals surface area contributed by atoms with Crippen LogP contribution in [0.4, 0.5) is 0 Å². The highest BCUT2D eigenvalue weighted by atomic mass is 35.5. The number of hydrazone groups is 1. The molecule has 0 bridgehead atoms. The van der Waals surface area contributed by atoms with Gasteiger partial charge in [-0.2, -0.15) is 5.10 Å². The van der Waals surface area contributed by atoms with Crippen molar-refractivity contribution in [2.24, 2.45) is 5.10 Å². The van der Waals surface area contributed by atoms with E-state index >= 15 is 0 Å². The van der Waals surface area contributed by atoms with Crippen LogP contribution < -0.4 is 11.0 Å². The number of amides is 1. The predicted octanol–water partition coefficient (Wildman–Crippen LogP) is 6.45. The van der Waals surface area contributed by atoms with Crippen LogP contribution in [0.15, 0.2) is 82.7 Å². The van der Waals surface area contributed by atoms with E-state index in [1.807, 2.05) is 36.4 Å². The Morgan fingerprint density at radius 3 is 2.31 bits per heavy atom. The molecule has 180 valence electrons. The maximum Gasteiger partial charge on any atom is 0.283 e. The lowest BCUT2D eigenvalue weighted by molar-refractivity contribution is 0.0959. The molecule has 0 fully saturated rings. The number of carbonyl (C=O) groups is 1. The van der Waals surface area contributed by atoms with Gasteiger partial charge in [0.25, 0.3) is 11.5 Å². The fourth-order valence-corrected chi connectivity index (χ4v) is 5.51. The van der Waals surface area contributed by atoms with Crippen molar-refractivity contribution in [3.8, 4) is 11.6 Å². The molecule has 0 saturated carbocycles. The van der Waals surface area contributed by atoms with E-state index < -0.39 is 5.91 Å². The molecule has 3 aromatic carbocycles. The first-order chi connectivity index (χ1) is 17.4. The molecule has 5 rings (SSSR count). The van der Waals surface area contributed by atoms with Crippen molar-refractivity contribution >= 4 is 55.9 Å². The van der Waals surface area contributed by atoms with E-state index in [1.165, 1.54) is 22.1 Å². The third-order valence-corrected chi connectivity index (χ3v) is 7.70. The largest absolute Gasteiger partial charge is 0.494 e. The SMILES string of the molecule is CC(C)c1ccc(-n2c(O)c(C=NNC(=O)c3sc4ccccc4c3Cl)c3ccccc3c2=O)cc1. The first kappa shape index (κ1) is 23.8. The molecule has 0 saturated heterocycles. The summed E-state index contributed by atoms with van der Waals surface area (Å²) in [6, 6.07) is 21.9. The Balaban J connectivity index is 1.54. The highest BCUT2D eigenvalue weighted by Gasteiger charge is 2.18. The van der Waals surface area contributed by atoms with Gasteiger partial charge in [-0.1, -0.05) is 74.0 Å². The van der Waals surface area contributed by atoms with Crippen LogP contribution >= 0.6 is 22.9 Å². The van der Waals surface area contributed by atoms with Crippen LogP contribution in [0.25, 0.3) is 26.5 Å². The van der Waals surface area contributed by atoms with Gasteiger partial charge < -0.3 is 5.11 Å². The summed E-state index contributed by atoms with van der Waals surface area (Å²) >= 11 is 7.68. The van der Waals surface area contributed by atoms with Crippen LogP contribution in [0.3, 0.4) is 0 Å². The lowest BCUT2D eigenvalue weighted by atomic mass is 10.0. The number of hydrogen-bond donors (Lipinski definition) is 2. The molecule has 0 aliphatic heterocycles. The van der Waals surface area contributed by atoms with Crippen LogP contribution in [0.2, 0.25) is 5.02 Å². The molecule has 36 heavy (non-hydrogen) atoms. The van der Waals surface area contributed by atoms with Crippen molar-refractivity contribution in [2.75, 3.05) is 0 Å². The van der Waals surface area contributed by atoms with Crippen molar-refractivity contribution in [2.45, 2.75) is 19.8 Å². The van der Waals surface area contributed by atoms with E-state index in [9.17, 15) is 14.7 Å². The highest BCUT2D eigenvalue weighted by Crippen LogP contribution is 2.35. The van der Waals surface area contributed by atoms with Gasteiger partial charge in [-0.05, 0) is 35.7 Å². The minimum Gasteiger partial charge on any atom is -0.494 e. The standard InChI is InChI=1S/C28H22ClN3O3S/c1-16(2)17-11-13-18(14-12-17)32-27(34)20-8-4-3-7-19(20)22(28(32)35)15-30-31-26(33)25-24(29)21-9-5-6-10-23(21)36-25/h3-16,35H,1-2H3,(H,31,33). The van der Waals surface area contributed by atoms with Gasteiger partial charge in [0.1, 0.15) is 4.88 Å². The summed E-state index contributed by atoms with van der Waals surface area (Å²) < 4.78 is 2.15. The predicted molar refractivity (Wildman–Crippen MR) is 147 cm³/mol. The van der Waals surface area contributed by atoms with E-state index in [0.717, 1.165) is 15.6 Å². The van der Waals surface area contributed by atoms with Gasteiger partial charge in [0.15, 0.2) is 0 Å². The Kier molecular flexibility index (Phi) is 6.35. The van der Waals surface area contributed by atoms with Gasteiger partial charge in [-0.25, -0.2) is 9.99 Å². The summed E-state index contributed by atoms with van der Waals surface area (Å²) in [5, 5.41) is 17.4. The molecule has 2 heterocycles. The Hall–Kier alpha value is -3.94. The maximum absolute atomic E-state index is 13.3. The Labute approximate surface area is 216 Å². The number of aromatic nitrogens is 1. The van der Waals surface area contributed by atoms with Crippen LogP contribution in [-0.4, -0.2) is 21.8 Å². The Morgan fingerprint density at radius 2 is 1.64 bits per heavy atom. The Bertz CT molecular complexity index is 1700. The van der Waals surface area contributed by atoms with Crippen molar-refractivity contribution < 1.29 is 9.90 Å². The number of benzene rings is 3. The van der Waals surface area contributed by atoms with Crippen LogP contribution in [0, 0.1) is 0 Å². The lowest BCUT2D eigenvalue weighted by Crippen LogP contribution is -2.21. The number of nitrogens with one attached hydrogen (secondary N) is 1. The third kappa shape index (κ3) is 4.17. The summed E-state index contributed by atoms with van der Waals surface area (Å²) in [4.78, 5) is 26.4. The average Bonchev–Trinajstić information content (AvgIpc) is 3.23. The smallest absolute Gasteiger partial charge is 0.283 e. The summed E-state index contributed by atoms with van der Waals surface area (Å²) in [6.45, 7) is 4.17. The van der Waals surface area contributed by atoms with Crippen LogP contribution in [0.5, 0.6) is 5.88 Å². The molecule has 2 N–H and O–H groups in total. The minimum atomic E-state index is -0.459. The van der Waals surface area contributed by atoms with Gasteiger partial charge in [0.05, 0.1) is 22.5 Å². The van der Waals surface area contributed by atoms with Crippen LogP contribution in [0.1, 0.15) is 40.6 Å². The number of hydrogen-bond acceptors (Lipinski definition) is 5. The van der Waals surface area contributed by atoms with Gasteiger partial charge in [-0.15, -0.1) is 11.3 Å². The fraction of sp³-hybridized carbons (Fsp3) is 0.107. The van der Waals surface area contributed by atoms with E-state index in [0.29, 0.717) is 37.8 Å². The average molecular weight is 516 g/mol. The molecule has 0 radical (unpaired) electrons. The number of aromatic hydroxyl groups is 1. The van der Waals surface area contributed by atoms with Gasteiger partial charge in [0.2, 0.25) is 5.88 Å². The van der Waals surface area contributed by atoms with Crippen LogP contribution in [-0.2, 0) is 0 Å². The topological polar surface area (TPSA) is 83.7 Å². The summed E-state index contributed by atoms with van der Waals surface area (Å²) in [7, 11) is 0. The number of thiophene rings is 1. The number of fused-ring (bicyclic) bond motifs is 2. The summed E-state index contributed by atoms with van der Waals surface area (Å²) in [6.07, 6.45) is 1.34. The molecule has 0 atom stereocenters. The zero-order valence-electron chi connectivity index (χ0n) is 19.5. The molecule has 6 nitrogen and oxygen atoms in total. The minimum absolute atomic E-state index is 0.270. The second-order valence-electron chi connectivity index (χ2n) is 8.61. The monoisotopic (exact) mass is 515 g/mol. The first-order valence-corrected chi connectivity index (χ1v) is 12.5. The van der Waals surface area contributed by atoms with Crippen molar-refractivity contribution in [3.63, 3.8) is 0 Å². The molecule has 0 spiro atoms. The number of nitrogens with zero attached hydrogens (tertiary/aromatic N) is 2. The number of pyridine rings is 1. The van der Waals surface area contributed by atoms with E-state index in [-0.39, 0.29) is 11.4 Å². The van der Waals surface area contributed by atoms with Crippen molar-refractivity contribution in [3.05, 3.63) is 104 Å². The van der Waals surface area contributed by atoms with E-state index in [2.05, 4.69) is 24.4 Å². The van der Waals surface area contributed by atoms with Crippen molar-refractivity contribution in [1.29, 1.82) is 0 Å². The summed E-state index contributed by atoms with van der Waals surface area (Å²) in [5.41, 5.74) is 4.10. The first-order valence-electron chi connectivity index (χ1n) is 11.3. The normalized spacial score (nSPS) is 11.7. The second-order valence-corrected chi connectivity index (χ2v) is 10.0. The zero-order valence-corrected chi connectivity index (χ0v) is 21.1. The van der Waals surface area contributed by atoms with E-state index in [4.69, 9.17) is 11.6 Å². The molecule has 2 aromatic heterocycles. The number of carbonyl (C=O) groups excluding carboxylic acids is 1. The fourth-order valence-electron chi connectivity index (χ4n) is 4.10. The molecule has 0 unspecified atom stereocenters. The second kappa shape index (κ2) is 9.60. The van der Waals surface area contributed by atoms with Crippen molar-refractivity contribution in [1.82, 2.24) is 9.99 Å². The Morgan fingerprint density at radius 1 is 1.00 bits per heavy atom. The summed E-state index contributed by atoms with van der Waals surface area (Å²) in [5.74, 6) is -0.394. The molecule has 1 amide bonds. The number of rotatable bonds is 5. The highest BCUT2D eigenvalue weighted by molar-refractivity contribution is 7.21. The quantitative estimate of drug-likeness (QED) is 0.208. The maximum atomic E-state index is 13.3. The molecular formula is C28H22ClN3O3S. The zero-order chi connectivity index (χ0) is 25.4. The van der Waals surface area contributed by atoms with Gasteiger partial charge >= 0.3 is 0 Å². The molecule has 0 aliphatic rings. The van der Waals surface area contributed by atoms with Gasteiger partial charge in [-0.3, -0.25) is 9.59 Å². The molecule has 5 aromatic rings. The molecule has 8 heteroatoms. The van der Waals surface area contributed by atoms with E-state index in [1.54, 1.807) is 36.4 Å². The number of halogens is 1. The molecule has 0 aliphatic carbocycles.